The maximum Gasteiger partial charge on any atom is 0.433 e. The molecular formula is C17H8ClF6N5OS. The van der Waals surface area contributed by atoms with Crippen LogP contribution in [0.25, 0.3) is 16.2 Å². The fraction of sp³-hybridized carbons (Fsp3) is 0.176. The standard InChI is InChI=1S/C17H8ClF6N5OS/c18-11-5-10(16(19,20)21)28(27-11)7-9-4-12(30)29-13(8-2-1-3-25-6-8)14(17(22,23)24)31-15(29)26-9/h1-6H,7H2. The molecule has 0 saturated heterocycles. The molecule has 0 aliphatic heterocycles. The second kappa shape index (κ2) is 7.34. The second-order valence-corrected chi connectivity index (χ2v) is 7.60. The van der Waals surface area contributed by atoms with Gasteiger partial charge < -0.3 is 0 Å². The molecule has 0 bridgehead atoms. The summed E-state index contributed by atoms with van der Waals surface area (Å²) >= 11 is 5.76. The Morgan fingerprint density at radius 2 is 1.84 bits per heavy atom. The zero-order valence-electron chi connectivity index (χ0n) is 14.9. The maximum absolute atomic E-state index is 13.6. The SMILES string of the molecule is O=c1cc(Cn2nc(Cl)cc2C(F)(F)F)nc2sc(C(F)(F)F)c(-c3cccnc3)n12. The molecule has 4 rings (SSSR count). The van der Waals surface area contributed by atoms with E-state index >= 15 is 0 Å². The molecule has 0 spiro atoms. The Labute approximate surface area is 177 Å². The van der Waals surface area contributed by atoms with E-state index in [-0.39, 0.29) is 27.6 Å². The van der Waals surface area contributed by atoms with Gasteiger partial charge in [-0.15, -0.1) is 0 Å². The summed E-state index contributed by atoms with van der Waals surface area (Å²) in [5.41, 5.74) is -2.68. The van der Waals surface area contributed by atoms with Gasteiger partial charge in [0.05, 0.1) is 17.9 Å². The Hall–Kier alpha value is -2.93. The van der Waals surface area contributed by atoms with Crippen LogP contribution in [0.2, 0.25) is 5.15 Å². The van der Waals surface area contributed by atoms with E-state index in [1.165, 1.54) is 24.5 Å². The highest BCUT2D eigenvalue weighted by molar-refractivity contribution is 7.17. The molecule has 4 aromatic heterocycles. The Kier molecular flexibility index (Phi) is 5.04. The molecule has 6 nitrogen and oxygen atoms in total. The highest BCUT2D eigenvalue weighted by Crippen LogP contribution is 2.41. The zero-order valence-corrected chi connectivity index (χ0v) is 16.4. The van der Waals surface area contributed by atoms with E-state index in [9.17, 15) is 31.1 Å². The third-order valence-corrected chi connectivity index (χ3v) is 5.39. The van der Waals surface area contributed by atoms with E-state index in [0.29, 0.717) is 10.7 Å². The number of hydrogen-bond donors (Lipinski definition) is 0. The molecule has 0 saturated carbocycles. The van der Waals surface area contributed by atoms with E-state index in [4.69, 9.17) is 11.6 Å². The van der Waals surface area contributed by atoms with Gasteiger partial charge in [0.2, 0.25) is 0 Å². The lowest BCUT2D eigenvalue weighted by Crippen LogP contribution is -2.20. The molecule has 4 heterocycles. The van der Waals surface area contributed by atoms with Gasteiger partial charge in [-0.05, 0) is 12.1 Å². The summed E-state index contributed by atoms with van der Waals surface area (Å²) in [6.45, 7) is -0.616. The predicted molar refractivity (Wildman–Crippen MR) is 98.9 cm³/mol. The Morgan fingerprint density at radius 1 is 1.10 bits per heavy atom. The molecule has 14 heteroatoms. The topological polar surface area (TPSA) is 65.1 Å². The number of alkyl halides is 6. The summed E-state index contributed by atoms with van der Waals surface area (Å²) in [4.78, 5) is 19.0. The fourth-order valence-corrected chi connectivity index (χ4v) is 4.18. The van der Waals surface area contributed by atoms with E-state index in [1.54, 1.807) is 0 Å². The van der Waals surface area contributed by atoms with Crippen LogP contribution in [-0.4, -0.2) is 24.1 Å². The molecule has 0 atom stereocenters. The summed E-state index contributed by atoms with van der Waals surface area (Å²) in [6.07, 6.45) is -7.05. The first-order valence-corrected chi connectivity index (χ1v) is 9.48. The Morgan fingerprint density at radius 3 is 2.45 bits per heavy atom. The summed E-state index contributed by atoms with van der Waals surface area (Å²) in [7, 11) is 0. The molecule has 0 aliphatic carbocycles. The first-order valence-electron chi connectivity index (χ1n) is 8.29. The van der Waals surface area contributed by atoms with Crippen LogP contribution in [0.4, 0.5) is 26.3 Å². The van der Waals surface area contributed by atoms with Crippen molar-refractivity contribution in [3.05, 3.63) is 68.4 Å². The van der Waals surface area contributed by atoms with E-state index in [1.807, 2.05) is 0 Å². The quantitative estimate of drug-likeness (QED) is 0.398. The number of aromatic nitrogens is 5. The monoisotopic (exact) mass is 479 g/mol. The number of hydrogen-bond acceptors (Lipinski definition) is 5. The fourth-order valence-electron chi connectivity index (χ4n) is 2.95. The van der Waals surface area contributed by atoms with Crippen LogP contribution >= 0.6 is 22.9 Å². The van der Waals surface area contributed by atoms with Gasteiger partial charge in [-0.1, -0.05) is 22.9 Å². The number of rotatable bonds is 3. The van der Waals surface area contributed by atoms with Gasteiger partial charge in [-0.3, -0.25) is 18.9 Å². The summed E-state index contributed by atoms with van der Waals surface area (Å²) < 4.78 is 81.6. The molecule has 0 aliphatic rings. The third-order valence-electron chi connectivity index (χ3n) is 4.12. The molecule has 4 aromatic rings. The van der Waals surface area contributed by atoms with Crippen molar-refractivity contribution in [3.8, 4) is 11.3 Å². The molecule has 0 amide bonds. The predicted octanol–water partition coefficient (Wildman–Crippen LogP) is 4.75. The van der Waals surface area contributed by atoms with Gasteiger partial charge in [-0.25, -0.2) is 4.98 Å². The van der Waals surface area contributed by atoms with Gasteiger partial charge in [0, 0.05) is 30.1 Å². The third kappa shape index (κ3) is 4.02. The highest BCUT2D eigenvalue weighted by Gasteiger charge is 2.39. The van der Waals surface area contributed by atoms with Crippen molar-refractivity contribution < 1.29 is 26.3 Å². The Balaban J connectivity index is 1.89. The van der Waals surface area contributed by atoms with Crippen molar-refractivity contribution in [2.45, 2.75) is 18.9 Å². The van der Waals surface area contributed by atoms with Crippen molar-refractivity contribution >= 4 is 27.9 Å². The lowest BCUT2D eigenvalue weighted by Gasteiger charge is -2.10. The molecular weight excluding hydrogens is 472 g/mol. The van der Waals surface area contributed by atoms with Gasteiger partial charge in [0.1, 0.15) is 10.6 Å². The summed E-state index contributed by atoms with van der Waals surface area (Å²) in [5.74, 6) is 0. The van der Waals surface area contributed by atoms with E-state index < -0.39 is 45.9 Å². The van der Waals surface area contributed by atoms with Gasteiger partial charge >= 0.3 is 12.4 Å². The van der Waals surface area contributed by atoms with Gasteiger partial charge in [-0.2, -0.15) is 31.4 Å². The number of thiazole rings is 1. The maximum atomic E-state index is 13.6. The largest absolute Gasteiger partial charge is 0.433 e. The van der Waals surface area contributed by atoms with Crippen molar-refractivity contribution in [1.82, 2.24) is 24.1 Å². The van der Waals surface area contributed by atoms with Crippen molar-refractivity contribution in [3.63, 3.8) is 0 Å². The smallest absolute Gasteiger partial charge is 0.269 e. The minimum atomic E-state index is -4.80. The summed E-state index contributed by atoms with van der Waals surface area (Å²) in [5, 5.41) is 3.09. The number of halogens is 7. The first-order chi connectivity index (χ1) is 14.4. The first kappa shape index (κ1) is 21.3. The molecule has 0 N–H and O–H groups in total. The minimum Gasteiger partial charge on any atom is -0.269 e. The average molecular weight is 480 g/mol. The number of nitrogens with zero attached hydrogens (tertiary/aromatic N) is 5. The number of fused-ring (bicyclic) bond motifs is 1. The lowest BCUT2D eigenvalue weighted by atomic mass is 10.2. The van der Waals surface area contributed by atoms with Crippen LogP contribution in [0, 0.1) is 0 Å². The van der Waals surface area contributed by atoms with Crippen LogP contribution in [0.1, 0.15) is 16.3 Å². The Bertz CT molecular complexity index is 1330. The van der Waals surface area contributed by atoms with Crippen LogP contribution < -0.4 is 5.56 Å². The second-order valence-electron chi connectivity index (χ2n) is 6.23. The molecule has 31 heavy (non-hydrogen) atoms. The molecule has 0 aromatic carbocycles. The molecule has 0 radical (unpaired) electrons. The van der Waals surface area contributed by atoms with Crippen LogP contribution in [0.3, 0.4) is 0 Å². The number of pyridine rings is 1. The minimum absolute atomic E-state index is 0.0379. The summed E-state index contributed by atoms with van der Waals surface area (Å²) in [6, 6.07) is 4.22. The molecule has 162 valence electrons. The van der Waals surface area contributed by atoms with Crippen molar-refractivity contribution in [1.29, 1.82) is 0 Å². The highest BCUT2D eigenvalue weighted by atomic mass is 35.5. The van der Waals surface area contributed by atoms with Gasteiger partial charge in [0.15, 0.2) is 10.1 Å². The van der Waals surface area contributed by atoms with Gasteiger partial charge in [0.25, 0.3) is 5.56 Å². The van der Waals surface area contributed by atoms with E-state index in [0.717, 1.165) is 10.5 Å². The normalized spacial score (nSPS) is 12.6. The van der Waals surface area contributed by atoms with Crippen LogP contribution in [0.5, 0.6) is 0 Å². The average Bonchev–Trinajstić information content (AvgIpc) is 3.23. The molecule has 0 unspecified atom stereocenters. The zero-order chi connectivity index (χ0) is 22.6. The lowest BCUT2D eigenvalue weighted by molar-refractivity contribution is -0.144. The van der Waals surface area contributed by atoms with Crippen molar-refractivity contribution in [2.24, 2.45) is 0 Å². The van der Waals surface area contributed by atoms with Crippen molar-refractivity contribution in [2.75, 3.05) is 0 Å². The van der Waals surface area contributed by atoms with E-state index in [2.05, 4.69) is 15.1 Å². The van der Waals surface area contributed by atoms with Crippen LogP contribution in [0.15, 0.2) is 41.5 Å². The van der Waals surface area contributed by atoms with Crippen LogP contribution in [-0.2, 0) is 18.9 Å². The molecule has 0 fully saturated rings.